The monoisotopic (exact) mass is 431 g/mol. The van der Waals surface area contributed by atoms with Crippen molar-refractivity contribution in [1.29, 1.82) is 5.26 Å². The molecule has 0 atom stereocenters. The fraction of sp³-hybridized carbons (Fsp3) is 0.100. The van der Waals surface area contributed by atoms with Gasteiger partial charge in [0.2, 0.25) is 9.84 Å². The van der Waals surface area contributed by atoms with Crippen molar-refractivity contribution < 1.29 is 8.42 Å². The van der Waals surface area contributed by atoms with E-state index in [1.165, 1.54) is 22.9 Å². The third-order valence-electron chi connectivity index (χ3n) is 4.11. The SMILES string of the molecule is Cc1ccc(S(=O)(=O)/C(C#N)=C/c2c(C)nn(-c3cccc(Cl)c3)c2Cl)cc1. The summed E-state index contributed by atoms with van der Waals surface area (Å²) in [7, 11) is -3.98. The first-order valence-electron chi connectivity index (χ1n) is 8.18. The first-order valence-corrected chi connectivity index (χ1v) is 10.4. The molecule has 2 aromatic carbocycles. The zero-order valence-corrected chi connectivity index (χ0v) is 17.3. The number of sulfone groups is 1. The van der Waals surface area contributed by atoms with Gasteiger partial charge in [0.25, 0.3) is 0 Å². The molecule has 142 valence electrons. The molecule has 0 aliphatic carbocycles. The summed E-state index contributed by atoms with van der Waals surface area (Å²) >= 11 is 12.5. The van der Waals surface area contributed by atoms with Crippen molar-refractivity contribution in [2.75, 3.05) is 0 Å². The van der Waals surface area contributed by atoms with E-state index in [4.69, 9.17) is 23.2 Å². The van der Waals surface area contributed by atoms with E-state index >= 15 is 0 Å². The Hall–Kier alpha value is -2.59. The van der Waals surface area contributed by atoms with Crippen molar-refractivity contribution in [3.8, 4) is 11.8 Å². The minimum absolute atomic E-state index is 0.0434. The summed E-state index contributed by atoms with van der Waals surface area (Å²) in [6.45, 7) is 3.54. The van der Waals surface area contributed by atoms with Crippen molar-refractivity contribution in [2.24, 2.45) is 0 Å². The number of aryl methyl sites for hydroxylation is 2. The van der Waals surface area contributed by atoms with Gasteiger partial charge in [-0.15, -0.1) is 0 Å². The molecule has 1 aromatic heterocycles. The van der Waals surface area contributed by atoms with E-state index in [1.54, 1.807) is 49.4 Å². The molecule has 0 saturated heterocycles. The van der Waals surface area contributed by atoms with Crippen LogP contribution in [0.25, 0.3) is 11.8 Å². The lowest BCUT2D eigenvalue weighted by Crippen LogP contribution is -2.03. The van der Waals surface area contributed by atoms with Gasteiger partial charge in [0.15, 0.2) is 0 Å². The van der Waals surface area contributed by atoms with Crippen LogP contribution in [0.2, 0.25) is 10.2 Å². The van der Waals surface area contributed by atoms with E-state index in [0.29, 0.717) is 22.0 Å². The summed E-state index contributed by atoms with van der Waals surface area (Å²) in [5, 5.41) is 14.5. The van der Waals surface area contributed by atoms with Crippen LogP contribution in [-0.4, -0.2) is 18.2 Å². The molecule has 0 amide bonds. The van der Waals surface area contributed by atoms with Crippen LogP contribution >= 0.6 is 23.2 Å². The van der Waals surface area contributed by atoms with Gasteiger partial charge in [0.05, 0.1) is 16.3 Å². The molecule has 0 bridgehead atoms. The van der Waals surface area contributed by atoms with E-state index in [0.717, 1.165) is 5.56 Å². The van der Waals surface area contributed by atoms with E-state index in [9.17, 15) is 13.7 Å². The Morgan fingerprint density at radius 3 is 2.43 bits per heavy atom. The number of hydrogen-bond donors (Lipinski definition) is 0. The zero-order chi connectivity index (χ0) is 20.5. The Balaban J connectivity index is 2.11. The first kappa shape index (κ1) is 20.2. The molecule has 0 N–H and O–H groups in total. The van der Waals surface area contributed by atoms with E-state index < -0.39 is 14.7 Å². The molecule has 1 heterocycles. The maximum atomic E-state index is 12.8. The van der Waals surface area contributed by atoms with E-state index in [1.807, 2.05) is 6.92 Å². The minimum Gasteiger partial charge on any atom is -0.221 e. The quantitative estimate of drug-likeness (QED) is 0.536. The predicted octanol–water partition coefficient (Wildman–Crippen LogP) is 5.13. The average Bonchev–Trinajstić information content (AvgIpc) is 2.94. The average molecular weight is 432 g/mol. The topological polar surface area (TPSA) is 75.8 Å². The molecular weight excluding hydrogens is 417 g/mol. The van der Waals surface area contributed by atoms with Crippen molar-refractivity contribution in [1.82, 2.24) is 9.78 Å². The largest absolute Gasteiger partial charge is 0.221 e. The van der Waals surface area contributed by atoms with Gasteiger partial charge < -0.3 is 0 Å². The second-order valence-electron chi connectivity index (χ2n) is 6.12. The Bertz CT molecular complexity index is 1220. The number of benzene rings is 2. The molecule has 0 saturated carbocycles. The highest BCUT2D eigenvalue weighted by Gasteiger charge is 2.23. The predicted molar refractivity (Wildman–Crippen MR) is 110 cm³/mol. The molecule has 3 rings (SSSR count). The molecule has 8 heteroatoms. The number of allylic oxidation sites excluding steroid dienone is 1. The molecule has 0 spiro atoms. The van der Waals surface area contributed by atoms with Crippen LogP contribution in [0.5, 0.6) is 0 Å². The van der Waals surface area contributed by atoms with Crippen molar-refractivity contribution in [3.63, 3.8) is 0 Å². The Kier molecular flexibility index (Phi) is 5.61. The second-order valence-corrected chi connectivity index (χ2v) is 8.83. The number of nitriles is 1. The minimum atomic E-state index is -3.98. The van der Waals surface area contributed by atoms with Crippen LogP contribution in [-0.2, 0) is 9.84 Å². The van der Waals surface area contributed by atoms with Gasteiger partial charge in [-0.05, 0) is 50.3 Å². The summed E-state index contributed by atoms with van der Waals surface area (Å²) < 4.78 is 27.1. The number of halogens is 2. The summed E-state index contributed by atoms with van der Waals surface area (Å²) in [4.78, 5) is -0.367. The fourth-order valence-corrected chi connectivity index (χ4v) is 4.25. The molecule has 3 aromatic rings. The molecule has 28 heavy (non-hydrogen) atoms. The van der Waals surface area contributed by atoms with Crippen molar-refractivity contribution in [3.05, 3.63) is 80.4 Å². The van der Waals surface area contributed by atoms with Gasteiger partial charge in [-0.1, -0.05) is 47.0 Å². The highest BCUT2D eigenvalue weighted by molar-refractivity contribution is 7.95. The van der Waals surface area contributed by atoms with Crippen LogP contribution in [0.3, 0.4) is 0 Å². The summed E-state index contributed by atoms with van der Waals surface area (Å²) in [5.41, 5.74) is 2.38. The second kappa shape index (κ2) is 7.80. The number of aromatic nitrogens is 2. The van der Waals surface area contributed by atoms with Crippen molar-refractivity contribution >= 4 is 39.1 Å². The smallest absolute Gasteiger partial charge is 0.216 e. The standard InChI is InChI=1S/C20H15Cl2N3O2S/c1-13-6-8-17(9-7-13)28(26,27)18(12-23)11-19-14(2)24-25(20(19)22)16-5-3-4-15(21)10-16/h3-11H,1-2H3/b18-11+. The first-order chi connectivity index (χ1) is 13.2. The van der Waals surface area contributed by atoms with Gasteiger partial charge in [-0.3, -0.25) is 0 Å². The van der Waals surface area contributed by atoms with Gasteiger partial charge in [-0.25, -0.2) is 13.1 Å². The molecular formula is C20H15Cl2N3O2S. The lowest BCUT2D eigenvalue weighted by molar-refractivity contribution is 0.603. The van der Waals surface area contributed by atoms with Crippen LogP contribution in [0.15, 0.2) is 58.3 Å². The normalized spacial score (nSPS) is 12.0. The number of rotatable bonds is 4. The highest BCUT2D eigenvalue weighted by atomic mass is 35.5. The molecule has 0 aliphatic heterocycles. The van der Waals surface area contributed by atoms with E-state index in [-0.39, 0.29) is 10.0 Å². The van der Waals surface area contributed by atoms with Crippen LogP contribution in [0.4, 0.5) is 0 Å². The van der Waals surface area contributed by atoms with Crippen LogP contribution in [0.1, 0.15) is 16.8 Å². The molecule has 5 nitrogen and oxygen atoms in total. The molecule has 0 aliphatic rings. The lowest BCUT2D eigenvalue weighted by atomic mass is 10.2. The Morgan fingerprint density at radius 1 is 1.14 bits per heavy atom. The maximum absolute atomic E-state index is 12.8. The lowest BCUT2D eigenvalue weighted by Gasteiger charge is -2.05. The third kappa shape index (κ3) is 3.83. The molecule has 0 fully saturated rings. The zero-order valence-electron chi connectivity index (χ0n) is 15.0. The number of nitrogens with zero attached hydrogens (tertiary/aromatic N) is 3. The third-order valence-corrected chi connectivity index (χ3v) is 6.39. The van der Waals surface area contributed by atoms with E-state index in [2.05, 4.69) is 5.10 Å². The Labute approximate surface area is 173 Å². The van der Waals surface area contributed by atoms with Crippen LogP contribution < -0.4 is 0 Å². The number of hydrogen-bond acceptors (Lipinski definition) is 4. The summed E-state index contributed by atoms with van der Waals surface area (Å²) in [6, 6.07) is 15.0. The van der Waals surface area contributed by atoms with Gasteiger partial charge in [0, 0.05) is 10.6 Å². The maximum Gasteiger partial charge on any atom is 0.216 e. The van der Waals surface area contributed by atoms with Gasteiger partial charge in [0.1, 0.15) is 16.1 Å². The van der Waals surface area contributed by atoms with Crippen LogP contribution in [0, 0.1) is 25.2 Å². The fourth-order valence-electron chi connectivity index (χ4n) is 2.60. The molecule has 0 radical (unpaired) electrons. The molecule has 0 unspecified atom stereocenters. The highest BCUT2D eigenvalue weighted by Crippen LogP contribution is 2.29. The summed E-state index contributed by atoms with van der Waals surface area (Å²) in [5.74, 6) is 0. The van der Waals surface area contributed by atoms with Gasteiger partial charge >= 0.3 is 0 Å². The van der Waals surface area contributed by atoms with Gasteiger partial charge in [-0.2, -0.15) is 10.4 Å². The summed E-state index contributed by atoms with van der Waals surface area (Å²) in [6.07, 6.45) is 1.25. The van der Waals surface area contributed by atoms with Crippen molar-refractivity contribution in [2.45, 2.75) is 18.7 Å². The Morgan fingerprint density at radius 2 is 1.82 bits per heavy atom.